The Hall–Kier alpha value is -1.62. The first-order valence-electron chi connectivity index (χ1n) is 5.42. The van der Waals surface area contributed by atoms with Gasteiger partial charge in [0.15, 0.2) is 11.5 Å². The van der Waals surface area contributed by atoms with E-state index in [2.05, 4.69) is 0 Å². The van der Waals surface area contributed by atoms with Crippen LogP contribution in [0.2, 0.25) is 5.02 Å². The Bertz CT molecular complexity index is 486. The molecule has 18 heavy (non-hydrogen) atoms. The molecule has 0 radical (unpaired) electrons. The molecule has 1 aliphatic heterocycles. The van der Waals surface area contributed by atoms with E-state index in [0.29, 0.717) is 34.3 Å². The lowest BCUT2D eigenvalue weighted by atomic mass is 10.00. The van der Waals surface area contributed by atoms with Crippen LogP contribution in [0.25, 0.3) is 0 Å². The van der Waals surface area contributed by atoms with Gasteiger partial charge in [0.1, 0.15) is 10.8 Å². The summed E-state index contributed by atoms with van der Waals surface area (Å²) >= 11 is 6.15. The first-order chi connectivity index (χ1) is 8.54. The molecule has 2 rings (SSSR count). The second-order valence-electron chi connectivity index (χ2n) is 4.06. The van der Waals surface area contributed by atoms with E-state index in [4.69, 9.17) is 30.9 Å². The second-order valence-corrected chi connectivity index (χ2v) is 4.44. The highest BCUT2D eigenvalue weighted by atomic mass is 35.5. The number of carboxylic acid groups (broad SMARTS) is 1. The predicted molar refractivity (Wildman–Crippen MR) is 64.6 cm³/mol. The number of carbonyl (C=O) groups is 1. The van der Waals surface area contributed by atoms with Crippen LogP contribution in [0.3, 0.4) is 0 Å². The molecule has 1 heterocycles. The summed E-state index contributed by atoms with van der Waals surface area (Å²) in [4.78, 5) is 10.9. The standard InChI is InChI=1S/C12H13ClO5/c1-6(12(14)15)3-7-4-8-11(18-5-17-8)9(13)10(7)16-2/h4,6H,3,5H2,1-2H3,(H,14,15). The van der Waals surface area contributed by atoms with Gasteiger partial charge >= 0.3 is 5.97 Å². The van der Waals surface area contributed by atoms with Crippen molar-refractivity contribution in [2.75, 3.05) is 13.9 Å². The van der Waals surface area contributed by atoms with Crippen LogP contribution in [0, 0.1) is 5.92 Å². The molecule has 0 fully saturated rings. The van der Waals surface area contributed by atoms with E-state index in [1.165, 1.54) is 7.11 Å². The Balaban J connectivity index is 2.40. The normalized spacial score (nSPS) is 14.4. The largest absolute Gasteiger partial charge is 0.495 e. The zero-order valence-electron chi connectivity index (χ0n) is 10.0. The molecule has 1 atom stereocenters. The van der Waals surface area contributed by atoms with E-state index in [1.54, 1.807) is 13.0 Å². The fourth-order valence-corrected chi connectivity index (χ4v) is 2.17. The van der Waals surface area contributed by atoms with Crippen molar-refractivity contribution in [1.82, 2.24) is 0 Å². The minimum absolute atomic E-state index is 0.107. The van der Waals surface area contributed by atoms with E-state index in [0.717, 1.165) is 0 Å². The molecule has 0 amide bonds. The first kappa shape index (κ1) is 12.8. The Kier molecular flexibility index (Phi) is 3.52. The zero-order chi connectivity index (χ0) is 13.3. The molecule has 0 aromatic heterocycles. The maximum absolute atomic E-state index is 10.9. The van der Waals surface area contributed by atoms with Crippen LogP contribution in [-0.4, -0.2) is 25.0 Å². The van der Waals surface area contributed by atoms with Crippen molar-refractivity contribution in [3.63, 3.8) is 0 Å². The first-order valence-corrected chi connectivity index (χ1v) is 5.80. The van der Waals surface area contributed by atoms with Crippen LogP contribution in [-0.2, 0) is 11.2 Å². The molecular weight excluding hydrogens is 260 g/mol. The highest BCUT2D eigenvalue weighted by Gasteiger charge is 2.25. The van der Waals surface area contributed by atoms with Crippen LogP contribution in [0.5, 0.6) is 17.2 Å². The van der Waals surface area contributed by atoms with Crippen molar-refractivity contribution >= 4 is 17.6 Å². The summed E-state index contributed by atoms with van der Waals surface area (Å²) in [5.41, 5.74) is 0.696. The number of carboxylic acids is 1. The van der Waals surface area contributed by atoms with Gasteiger partial charge in [-0.3, -0.25) is 4.79 Å². The van der Waals surface area contributed by atoms with E-state index < -0.39 is 11.9 Å². The third-order valence-corrected chi connectivity index (χ3v) is 3.13. The van der Waals surface area contributed by atoms with E-state index in [-0.39, 0.29) is 6.79 Å². The number of benzene rings is 1. The van der Waals surface area contributed by atoms with Gasteiger partial charge in [0.05, 0.1) is 13.0 Å². The molecule has 0 aliphatic carbocycles. The van der Waals surface area contributed by atoms with Crippen molar-refractivity contribution in [3.8, 4) is 17.2 Å². The summed E-state index contributed by atoms with van der Waals surface area (Å²) in [6.45, 7) is 1.73. The summed E-state index contributed by atoms with van der Waals surface area (Å²) in [5, 5.41) is 9.26. The van der Waals surface area contributed by atoms with Gasteiger partial charge in [-0.15, -0.1) is 0 Å². The van der Waals surface area contributed by atoms with Crippen molar-refractivity contribution in [2.24, 2.45) is 5.92 Å². The lowest BCUT2D eigenvalue weighted by Gasteiger charge is -2.14. The molecular formula is C12H13ClO5. The Morgan fingerprint density at radius 3 is 2.94 bits per heavy atom. The fourth-order valence-electron chi connectivity index (χ4n) is 1.82. The van der Waals surface area contributed by atoms with Crippen molar-refractivity contribution in [1.29, 1.82) is 0 Å². The van der Waals surface area contributed by atoms with E-state index in [1.807, 2.05) is 0 Å². The average molecular weight is 273 g/mol. The molecule has 98 valence electrons. The highest BCUT2D eigenvalue weighted by Crippen LogP contribution is 2.46. The summed E-state index contributed by atoms with van der Waals surface area (Å²) < 4.78 is 15.7. The molecule has 1 aliphatic rings. The fraction of sp³-hybridized carbons (Fsp3) is 0.417. The lowest BCUT2D eigenvalue weighted by Crippen LogP contribution is -2.13. The molecule has 1 aromatic carbocycles. The van der Waals surface area contributed by atoms with Gasteiger partial charge in [0.2, 0.25) is 6.79 Å². The molecule has 5 nitrogen and oxygen atoms in total. The number of hydrogen-bond donors (Lipinski definition) is 1. The van der Waals surface area contributed by atoms with Crippen molar-refractivity contribution in [3.05, 3.63) is 16.7 Å². The van der Waals surface area contributed by atoms with E-state index >= 15 is 0 Å². The average Bonchev–Trinajstić information content (AvgIpc) is 2.77. The van der Waals surface area contributed by atoms with Gasteiger partial charge in [-0.1, -0.05) is 18.5 Å². The number of halogens is 1. The maximum Gasteiger partial charge on any atom is 0.306 e. The SMILES string of the molecule is COc1c(CC(C)C(=O)O)cc2c(c1Cl)OCO2. The maximum atomic E-state index is 10.9. The van der Waals surface area contributed by atoms with Gasteiger partial charge < -0.3 is 19.3 Å². The Morgan fingerprint density at radius 1 is 1.61 bits per heavy atom. The van der Waals surface area contributed by atoms with Crippen LogP contribution < -0.4 is 14.2 Å². The van der Waals surface area contributed by atoms with Gasteiger partial charge in [-0.05, 0) is 12.5 Å². The summed E-state index contributed by atoms with van der Waals surface area (Å²) in [7, 11) is 1.48. The van der Waals surface area contributed by atoms with Gasteiger partial charge in [-0.2, -0.15) is 0 Å². The molecule has 0 spiro atoms. The number of fused-ring (bicyclic) bond motifs is 1. The van der Waals surface area contributed by atoms with Gasteiger partial charge in [0, 0.05) is 5.56 Å². The number of aliphatic carboxylic acids is 1. The number of hydrogen-bond acceptors (Lipinski definition) is 4. The molecule has 1 unspecified atom stereocenters. The third kappa shape index (κ3) is 2.18. The van der Waals surface area contributed by atoms with Crippen LogP contribution in [0.1, 0.15) is 12.5 Å². The topological polar surface area (TPSA) is 65.0 Å². The molecule has 1 aromatic rings. The van der Waals surface area contributed by atoms with Gasteiger partial charge in [0.25, 0.3) is 0 Å². The Labute approximate surface area is 109 Å². The van der Waals surface area contributed by atoms with Crippen LogP contribution in [0.4, 0.5) is 0 Å². The third-order valence-electron chi connectivity index (χ3n) is 2.79. The van der Waals surface area contributed by atoms with Crippen LogP contribution >= 0.6 is 11.6 Å². The van der Waals surface area contributed by atoms with E-state index in [9.17, 15) is 4.79 Å². The minimum atomic E-state index is -0.870. The minimum Gasteiger partial charge on any atom is -0.495 e. The highest BCUT2D eigenvalue weighted by molar-refractivity contribution is 6.34. The Morgan fingerprint density at radius 2 is 2.33 bits per heavy atom. The van der Waals surface area contributed by atoms with Crippen molar-refractivity contribution < 1.29 is 24.1 Å². The smallest absolute Gasteiger partial charge is 0.306 e. The quantitative estimate of drug-likeness (QED) is 0.911. The monoisotopic (exact) mass is 272 g/mol. The number of rotatable bonds is 4. The molecule has 6 heteroatoms. The summed E-state index contributed by atoms with van der Waals surface area (Å²) in [5.74, 6) is 0.00355. The number of methoxy groups -OCH3 is 1. The van der Waals surface area contributed by atoms with Crippen molar-refractivity contribution in [2.45, 2.75) is 13.3 Å². The molecule has 0 saturated carbocycles. The molecule has 0 bridgehead atoms. The molecule has 0 saturated heterocycles. The van der Waals surface area contributed by atoms with Crippen LogP contribution in [0.15, 0.2) is 6.07 Å². The molecule has 1 N–H and O–H groups in total. The predicted octanol–water partition coefficient (Wildman–Crippen LogP) is 2.34. The zero-order valence-corrected chi connectivity index (χ0v) is 10.8. The number of ether oxygens (including phenoxy) is 3. The summed E-state index contributed by atoms with van der Waals surface area (Å²) in [6, 6.07) is 1.71. The second kappa shape index (κ2) is 4.94. The lowest BCUT2D eigenvalue weighted by molar-refractivity contribution is -0.141. The summed E-state index contributed by atoms with van der Waals surface area (Å²) in [6.07, 6.45) is 0.314. The van der Waals surface area contributed by atoms with Gasteiger partial charge in [-0.25, -0.2) is 0 Å².